The van der Waals surface area contributed by atoms with Crippen molar-refractivity contribution in [3.05, 3.63) is 70.9 Å². The zero-order chi connectivity index (χ0) is 20.9. The molecule has 0 saturated carbocycles. The Labute approximate surface area is 169 Å². The molecular weight excluding hydrogens is 366 g/mol. The molecule has 0 saturated heterocycles. The Kier molecular flexibility index (Phi) is 7.19. The molecule has 0 unspecified atom stereocenters. The lowest BCUT2D eigenvalue weighted by Gasteiger charge is -2.41. The zero-order valence-electron chi connectivity index (χ0n) is 17.7. The van der Waals surface area contributed by atoms with Crippen LogP contribution < -0.4 is 0 Å². The summed E-state index contributed by atoms with van der Waals surface area (Å²) in [4.78, 5) is 13.2. The number of hydrogen-bond donors (Lipinski definition) is 0. The van der Waals surface area contributed by atoms with Gasteiger partial charge in [0, 0.05) is 11.6 Å². The van der Waals surface area contributed by atoms with Crippen LogP contribution in [0.3, 0.4) is 0 Å². The number of carbonyl (C=O) groups excluding carboxylic acids is 1. The first-order valence-electron chi connectivity index (χ1n) is 9.88. The molecule has 2 aromatic carbocycles. The lowest BCUT2D eigenvalue weighted by atomic mass is 10.2. The molecule has 0 amide bonds. The first-order chi connectivity index (χ1) is 13.2. The second-order valence-corrected chi connectivity index (χ2v) is 13.5. The van der Waals surface area contributed by atoms with E-state index in [9.17, 15) is 10.0 Å². The van der Waals surface area contributed by atoms with Gasteiger partial charge in [-0.1, -0.05) is 71.9 Å². The highest BCUT2D eigenvalue weighted by Gasteiger charge is 2.48. The standard InChI is InChI=1S/C23H31NO3Si/c1-17(2)28(18(3)4,19(5)6)27-23(25)21-14-10-11-15-22(21)24(26)16-20-12-8-7-9-13-20/h7-19H,1-6H3. The maximum atomic E-state index is 13.2. The van der Waals surface area contributed by atoms with Crippen LogP contribution in [0, 0.1) is 5.21 Å². The first kappa shape index (κ1) is 21.9. The van der Waals surface area contributed by atoms with E-state index >= 15 is 0 Å². The minimum atomic E-state index is -2.39. The summed E-state index contributed by atoms with van der Waals surface area (Å²) in [6, 6.07) is 16.2. The number of hydrogen-bond acceptors (Lipinski definition) is 3. The minimum Gasteiger partial charge on any atom is -0.618 e. The lowest BCUT2D eigenvalue weighted by Crippen LogP contribution is -2.49. The molecule has 0 radical (unpaired) electrons. The Hall–Kier alpha value is -2.40. The average molecular weight is 398 g/mol. The highest BCUT2D eigenvalue weighted by atomic mass is 28.4. The molecule has 0 aliphatic rings. The minimum absolute atomic E-state index is 0.280. The molecular formula is C23H31NO3Si. The summed E-state index contributed by atoms with van der Waals surface area (Å²) in [5.74, 6) is -0.402. The van der Waals surface area contributed by atoms with Crippen LogP contribution in [0.4, 0.5) is 5.69 Å². The number of para-hydroxylation sites is 1. The van der Waals surface area contributed by atoms with Crippen LogP contribution in [0.1, 0.15) is 57.5 Å². The fourth-order valence-corrected chi connectivity index (χ4v) is 9.29. The largest absolute Gasteiger partial charge is 0.618 e. The van der Waals surface area contributed by atoms with Gasteiger partial charge in [-0.05, 0) is 34.8 Å². The van der Waals surface area contributed by atoms with Crippen LogP contribution in [-0.2, 0) is 4.43 Å². The summed E-state index contributed by atoms with van der Waals surface area (Å²) in [5, 5.41) is 12.8. The van der Waals surface area contributed by atoms with Crippen molar-refractivity contribution in [3.8, 4) is 0 Å². The van der Waals surface area contributed by atoms with Gasteiger partial charge in [-0.25, -0.2) is 4.79 Å². The number of carbonyl (C=O) groups is 1. The van der Waals surface area contributed by atoms with Crippen molar-refractivity contribution in [1.82, 2.24) is 0 Å². The average Bonchev–Trinajstić information content (AvgIpc) is 2.65. The van der Waals surface area contributed by atoms with E-state index in [0.29, 0.717) is 11.3 Å². The molecule has 28 heavy (non-hydrogen) atoms. The monoisotopic (exact) mass is 397 g/mol. The molecule has 5 heteroatoms. The van der Waals surface area contributed by atoms with Crippen molar-refractivity contribution in [2.75, 3.05) is 0 Å². The molecule has 0 aromatic heterocycles. The molecule has 0 aliphatic carbocycles. The van der Waals surface area contributed by atoms with Gasteiger partial charge in [0.15, 0.2) is 6.21 Å². The second-order valence-electron chi connectivity index (χ2n) is 8.09. The van der Waals surface area contributed by atoms with Gasteiger partial charge in [0.1, 0.15) is 5.56 Å². The van der Waals surface area contributed by atoms with Crippen molar-refractivity contribution in [2.24, 2.45) is 0 Å². The Morgan fingerprint density at radius 2 is 1.39 bits per heavy atom. The van der Waals surface area contributed by atoms with Gasteiger partial charge in [0.2, 0.25) is 5.69 Å². The van der Waals surface area contributed by atoms with Crippen LogP contribution >= 0.6 is 0 Å². The van der Waals surface area contributed by atoms with E-state index in [2.05, 4.69) is 41.5 Å². The van der Waals surface area contributed by atoms with Crippen LogP contribution in [0.2, 0.25) is 16.6 Å². The van der Waals surface area contributed by atoms with Crippen molar-refractivity contribution in [1.29, 1.82) is 0 Å². The van der Waals surface area contributed by atoms with E-state index < -0.39 is 14.3 Å². The van der Waals surface area contributed by atoms with Gasteiger partial charge in [-0.15, -0.1) is 0 Å². The van der Waals surface area contributed by atoms with Crippen molar-refractivity contribution >= 4 is 26.2 Å². The number of rotatable bonds is 7. The maximum absolute atomic E-state index is 13.2. The van der Waals surface area contributed by atoms with E-state index in [1.807, 2.05) is 30.3 Å². The third-order valence-electron chi connectivity index (χ3n) is 5.40. The smallest absolute Gasteiger partial charge is 0.331 e. The van der Waals surface area contributed by atoms with Gasteiger partial charge < -0.3 is 9.63 Å². The van der Waals surface area contributed by atoms with Crippen molar-refractivity contribution in [2.45, 2.75) is 58.2 Å². The van der Waals surface area contributed by atoms with Crippen LogP contribution in [0.25, 0.3) is 0 Å². The van der Waals surface area contributed by atoms with Crippen LogP contribution in [0.5, 0.6) is 0 Å². The molecule has 4 nitrogen and oxygen atoms in total. The topological polar surface area (TPSA) is 52.4 Å². The predicted octanol–water partition coefficient (Wildman–Crippen LogP) is 6.28. The van der Waals surface area contributed by atoms with Gasteiger partial charge in [0.05, 0.1) is 0 Å². The zero-order valence-corrected chi connectivity index (χ0v) is 18.7. The summed E-state index contributed by atoms with van der Waals surface area (Å²) >= 11 is 0. The van der Waals surface area contributed by atoms with E-state index in [1.54, 1.807) is 24.3 Å². The number of benzene rings is 2. The molecule has 150 valence electrons. The van der Waals surface area contributed by atoms with Gasteiger partial charge >= 0.3 is 5.97 Å². The molecule has 0 spiro atoms. The van der Waals surface area contributed by atoms with Gasteiger partial charge in [-0.2, -0.15) is 4.74 Å². The Bertz CT molecular complexity index is 807. The summed E-state index contributed by atoms with van der Waals surface area (Å²) < 4.78 is 7.02. The molecule has 0 bridgehead atoms. The van der Waals surface area contributed by atoms with Gasteiger partial charge in [0.25, 0.3) is 8.32 Å². The van der Waals surface area contributed by atoms with Crippen LogP contribution in [0.15, 0.2) is 54.6 Å². The van der Waals surface area contributed by atoms with E-state index in [1.165, 1.54) is 6.21 Å². The molecule has 0 heterocycles. The Morgan fingerprint density at radius 1 is 0.893 bits per heavy atom. The predicted molar refractivity (Wildman–Crippen MR) is 118 cm³/mol. The number of nitrogens with zero attached hydrogens (tertiary/aromatic N) is 1. The highest BCUT2D eigenvalue weighted by molar-refractivity contribution is 6.79. The molecule has 0 atom stereocenters. The molecule has 2 rings (SSSR count). The molecule has 0 fully saturated rings. The van der Waals surface area contributed by atoms with E-state index in [0.717, 1.165) is 10.3 Å². The molecule has 0 aliphatic heterocycles. The lowest BCUT2D eigenvalue weighted by molar-refractivity contribution is -0.354. The SMILES string of the molecule is CC(C)[Si](OC(=O)c1ccccc1[N+]([O-])=Cc1ccccc1)(C(C)C)C(C)C. The summed E-state index contributed by atoms with van der Waals surface area (Å²) in [5.41, 5.74) is 2.23. The fourth-order valence-electron chi connectivity index (χ4n) is 4.15. The highest BCUT2D eigenvalue weighted by Crippen LogP contribution is 2.43. The van der Waals surface area contributed by atoms with Crippen molar-refractivity contribution in [3.63, 3.8) is 0 Å². The van der Waals surface area contributed by atoms with Crippen LogP contribution in [-0.4, -0.2) is 25.2 Å². The quantitative estimate of drug-likeness (QED) is 0.182. The van der Waals surface area contributed by atoms with E-state index in [4.69, 9.17) is 4.43 Å². The van der Waals surface area contributed by atoms with Crippen molar-refractivity contribution < 1.29 is 14.0 Å². The normalized spacial score (nSPS) is 12.7. The maximum Gasteiger partial charge on any atom is 0.331 e. The Morgan fingerprint density at radius 3 is 1.93 bits per heavy atom. The Balaban J connectivity index is 2.43. The summed E-state index contributed by atoms with van der Waals surface area (Å²) in [6.07, 6.45) is 1.48. The second kappa shape index (κ2) is 9.19. The van der Waals surface area contributed by atoms with E-state index in [-0.39, 0.29) is 16.6 Å². The third-order valence-corrected chi connectivity index (χ3v) is 11.4. The first-order valence-corrected chi connectivity index (χ1v) is 12.0. The third kappa shape index (κ3) is 4.53. The fraction of sp³-hybridized carbons (Fsp3) is 0.391. The summed E-state index contributed by atoms with van der Waals surface area (Å²) in [7, 11) is -2.39. The molecule has 0 N–H and O–H groups in total. The molecule has 2 aromatic rings. The van der Waals surface area contributed by atoms with Gasteiger partial charge in [-0.3, -0.25) is 0 Å². The summed E-state index contributed by atoms with van der Waals surface area (Å²) in [6.45, 7) is 12.8.